The van der Waals surface area contributed by atoms with Crippen LogP contribution in [-0.2, 0) is 44.8 Å². The fraction of sp³-hybridized carbons (Fsp3) is 0.525. The van der Waals surface area contributed by atoms with Crippen LogP contribution in [0.4, 0.5) is 4.79 Å². The van der Waals surface area contributed by atoms with E-state index in [2.05, 4.69) is 16.0 Å². The number of rotatable bonds is 17. The van der Waals surface area contributed by atoms with Gasteiger partial charge in [0.1, 0.15) is 36.4 Å². The van der Waals surface area contributed by atoms with Gasteiger partial charge in [0.25, 0.3) is 0 Å². The number of amides is 4. The van der Waals surface area contributed by atoms with Crippen molar-refractivity contribution >= 4 is 41.5 Å². The van der Waals surface area contributed by atoms with Crippen molar-refractivity contribution in [3.63, 3.8) is 0 Å². The van der Waals surface area contributed by atoms with Gasteiger partial charge in [-0.2, -0.15) is 0 Å². The van der Waals surface area contributed by atoms with Gasteiger partial charge in [-0.15, -0.1) is 0 Å². The zero-order valence-electron chi connectivity index (χ0n) is 32.2. The SMILES string of the molecule is CC(C)C[C@H](NC(=O)[C@H](NC(=O)[C@@H]1CCCN1C(=O)[C@@H](CC(=O)OCc1ccccc1)NC(=O)OC(C)(C)C)C(C)C)C(=O)OCC(=O)c1ccccc1. The first-order chi connectivity index (χ1) is 25.4. The number of nitrogens with zero attached hydrogens (tertiary/aromatic N) is 1. The van der Waals surface area contributed by atoms with Crippen LogP contribution in [-0.4, -0.2) is 89.4 Å². The number of ketones is 1. The Bertz CT molecular complexity index is 1610. The number of carbonyl (C=O) groups is 7. The van der Waals surface area contributed by atoms with Crippen LogP contribution in [0.2, 0.25) is 0 Å². The second-order valence-electron chi connectivity index (χ2n) is 15.1. The highest BCUT2D eigenvalue weighted by Crippen LogP contribution is 2.21. The number of carbonyl (C=O) groups excluding carboxylic acids is 7. The Morgan fingerprint density at radius 2 is 1.44 bits per heavy atom. The fourth-order valence-electron chi connectivity index (χ4n) is 5.79. The molecule has 1 aliphatic rings. The van der Waals surface area contributed by atoms with Crippen molar-refractivity contribution < 1.29 is 47.8 Å². The average molecular weight is 751 g/mol. The van der Waals surface area contributed by atoms with Gasteiger partial charge in [0.05, 0.1) is 6.42 Å². The molecule has 14 heteroatoms. The van der Waals surface area contributed by atoms with Crippen molar-refractivity contribution in [2.75, 3.05) is 13.2 Å². The van der Waals surface area contributed by atoms with Crippen molar-refractivity contribution in [3.05, 3.63) is 71.8 Å². The largest absolute Gasteiger partial charge is 0.461 e. The maximum atomic E-state index is 14.0. The number of hydrogen-bond acceptors (Lipinski definition) is 10. The smallest absolute Gasteiger partial charge is 0.408 e. The maximum Gasteiger partial charge on any atom is 0.408 e. The molecule has 0 spiro atoms. The van der Waals surface area contributed by atoms with Crippen LogP contribution >= 0.6 is 0 Å². The highest BCUT2D eigenvalue weighted by atomic mass is 16.6. The normalized spacial score (nSPS) is 15.8. The second kappa shape index (κ2) is 20.3. The Hall–Kier alpha value is -5.27. The first-order valence-electron chi connectivity index (χ1n) is 18.3. The van der Waals surface area contributed by atoms with E-state index in [1.807, 2.05) is 19.9 Å². The number of hydrogen-bond donors (Lipinski definition) is 3. The third-order valence-corrected chi connectivity index (χ3v) is 8.44. The number of esters is 2. The lowest BCUT2D eigenvalue weighted by Crippen LogP contribution is -2.59. The van der Waals surface area contributed by atoms with Crippen LogP contribution in [0.15, 0.2) is 60.7 Å². The Morgan fingerprint density at radius 1 is 0.815 bits per heavy atom. The summed E-state index contributed by atoms with van der Waals surface area (Å²) in [5, 5.41) is 7.92. The summed E-state index contributed by atoms with van der Waals surface area (Å²) in [5.41, 5.74) is 0.226. The molecule has 1 aliphatic heterocycles. The quantitative estimate of drug-likeness (QED) is 0.121. The molecule has 1 fully saturated rings. The van der Waals surface area contributed by atoms with E-state index < -0.39 is 90.3 Å². The van der Waals surface area contributed by atoms with E-state index in [1.54, 1.807) is 89.2 Å². The van der Waals surface area contributed by atoms with Gasteiger partial charge in [-0.3, -0.25) is 24.0 Å². The molecule has 54 heavy (non-hydrogen) atoms. The first kappa shape index (κ1) is 43.1. The monoisotopic (exact) mass is 750 g/mol. The van der Waals surface area contributed by atoms with Crippen molar-refractivity contribution in [1.29, 1.82) is 0 Å². The minimum absolute atomic E-state index is 0.0318. The number of likely N-dealkylation sites (tertiary alicyclic amines) is 1. The van der Waals surface area contributed by atoms with Crippen molar-refractivity contribution in [2.45, 2.75) is 111 Å². The van der Waals surface area contributed by atoms with E-state index >= 15 is 0 Å². The van der Waals surface area contributed by atoms with E-state index in [4.69, 9.17) is 14.2 Å². The number of benzene rings is 2. The molecular formula is C40H54N4O10. The highest BCUT2D eigenvalue weighted by molar-refractivity contribution is 5.99. The molecule has 1 heterocycles. The van der Waals surface area contributed by atoms with Crippen molar-refractivity contribution in [3.8, 4) is 0 Å². The molecule has 2 aromatic rings. The van der Waals surface area contributed by atoms with Crippen LogP contribution < -0.4 is 16.0 Å². The zero-order chi connectivity index (χ0) is 40.0. The summed E-state index contributed by atoms with van der Waals surface area (Å²) in [5.74, 6) is -4.34. The van der Waals surface area contributed by atoms with Gasteiger partial charge in [-0.1, -0.05) is 88.4 Å². The van der Waals surface area contributed by atoms with Gasteiger partial charge in [0.2, 0.25) is 17.7 Å². The van der Waals surface area contributed by atoms with E-state index in [0.29, 0.717) is 12.0 Å². The standard InChI is InChI=1S/C40H54N4O10/c1-25(2)21-30(38(50)53-24-32(45)28-17-12-9-13-18-28)41-36(48)34(26(3)4)43-35(47)31-19-14-20-44(31)37(49)29(42-39(51)54-40(5,6)7)22-33(46)52-23-27-15-10-8-11-16-27/h8-13,15-18,25-26,29-31,34H,14,19-24H2,1-7H3,(H,41,48)(H,42,51)(H,43,47)/t29-,30+,31+,34-/m1/s1. The molecule has 294 valence electrons. The molecule has 0 unspecified atom stereocenters. The summed E-state index contributed by atoms with van der Waals surface area (Å²) in [7, 11) is 0. The second-order valence-corrected chi connectivity index (χ2v) is 15.1. The van der Waals surface area contributed by atoms with Crippen LogP contribution in [0.1, 0.15) is 90.1 Å². The van der Waals surface area contributed by atoms with Crippen LogP contribution in [0, 0.1) is 11.8 Å². The molecule has 0 bridgehead atoms. The number of alkyl carbamates (subject to hydrolysis) is 1. The van der Waals surface area contributed by atoms with Crippen LogP contribution in [0.25, 0.3) is 0 Å². The van der Waals surface area contributed by atoms with Gasteiger partial charge in [0.15, 0.2) is 12.4 Å². The summed E-state index contributed by atoms with van der Waals surface area (Å²) in [6, 6.07) is 12.7. The Morgan fingerprint density at radius 3 is 2.04 bits per heavy atom. The Balaban J connectivity index is 1.71. The van der Waals surface area contributed by atoms with E-state index in [9.17, 15) is 33.6 Å². The third-order valence-electron chi connectivity index (χ3n) is 8.44. The summed E-state index contributed by atoms with van der Waals surface area (Å²) >= 11 is 0. The molecule has 3 rings (SSSR count). The van der Waals surface area contributed by atoms with Gasteiger partial charge < -0.3 is 35.1 Å². The number of ether oxygens (including phenoxy) is 3. The van der Waals surface area contributed by atoms with Gasteiger partial charge in [-0.05, 0) is 57.4 Å². The molecule has 0 saturated carbocycles. The number of nitrogens with one attached hydrogen (secondary N) is 3. The average Bonchev–Trinajstić information content (AvgIpc) is 3.61. The Labute approximate surface area is 317 Å². The lowest BCUT2D eigenvalue weighted by molar-refractivity contribution is -0.149. The maximum absolute atomic E-state index is 14.0. The predicted molar refractivity (Wildman–Crippen MR) is 199 cm³/mol. The molecule has 1 saturated heterocycles. The van der Waals surface area contributed by atoms with E-state index in [-0.39, 0.29) is 31.9 Å². The van der Waals surface area contributed by atoms with Gasteiger partial charge >= 0.3 is 18.0 Å². The molecule has 4 amide bonds. The van der Waals surface area contributed by atoms with Crippen molar-refractivity contribution in [1.82, 2.24) is 20.9 Å². The highest BCUT2D eigenvalue weighted by Gasteiger charge is 2.41. The lowest BCUT2D eigenvalue weighted by Gasteiger charge is -2.31. The minimum atomic E-state index is -1.41. The summed E-state index contributed by atoms with van der Waals surface area (Å²) < 4.78 is 16.0. The topological polar surface area (TPSA) is 187 Å². The zero-order valence-corrected chi connectivity index (χ0v) is 32.2. The molecular weight excluding hydrogens is 696 g/mol. The number of Topliss-reactive ketones (excluding diaryl/α,β-unsaturated/α-hetero) is 1. The summed E-state index contributed by atoms with van der Waals surface area (Å²) in [6.45, 7) is 11.7. The molecule has 0 aromatic heterocycles. The fourth-order valence-corrected chi connectivity index (χ4v) is 5.79. The Kier molecular flexibility index (Phi) is 16.2. The van der Waals surface area contributed by atoms with Gasteiger partial charge in [-0.25, -0.2) is 9.59 Å². The van der Waals surface area contributed by atoms with E-state index in [0.717, 1.165) is 5.56 Å². The van der Waals surface area contributed by atoms with E-state index in [1.165, 1.54) is 4.90 Å². The van der Waals surface area contributed by atoms with Crippen LogP contribution in [0.3, 0.4) is 0 Å². The van der Waals surface area contributed by atoms with Gasteiger partial charge in [0, 0.05) is 12.1 Å². The first-order valence-corrected chi connectivity index (χ1v) is 18.3. The van der Waals surface area contributed by atoms with Crippen molar-refractivity contribution in [2.24, 2.45) is 11.8 Å². The molecule has 0 aliphatic carbocycles. The molecule has 2 aromatic carbocycles. The summed E-state index contributed by atoms with van der Waals surface area (Å²) in [6.07, 6.45) is -0.513. The van der Waals surface area contributed by atoms with Crippen LogP contribution in [0.5, 0.6) is 0 Å². The molecule has 0 radical (unpaired) electrons. The predicted octanol–water partition coefficient (Wildman–Crippen LogP) is 4.10. The lowest BCUT2D eigenvalue weighted by atomic mass is 10.00. The molecule has 3 N–H and O–H groups in total. The molecule has 14 nitrogen and oxygen atoms in total. The minimum Gasteiger partial charge on any atom is -0.461 e. The third kappa shape index (κ3) is 13.9. The molecule has 4 atom stereocenters. The summed E-state index contributed by atoms with van der Waals surface area (Å²) in [4.78, 5) is 94.0.